The first-order valence-corrected chi connectivity index (χ1v) is 13.0. The third kappa shape index (κ3) is 3.48. The van der Waals surface area contributed by atoms with Crippen LogP contribution in [0.2, 0.25) is 0 Å². The Bertz CT molecular complexity index is 1290. The van der Waals surface area contributed by atoms with Gasteiger partial charge in [-0.05, 0) is 68.8 Å². The van der Waals surface area contributed by atoms with Gasteiger partial charge in [0.05, 0.1) is 5.69 Å². The number of aromatic nitrogens is 2. The highest BCUT2D eigenvalue weighted by atomic mass is 16.4. The molecular weight excluding hydrogens is 450 g/mol. The molecule has 36 heavy (non-hydrogen) atoms. The average Bonchev–Trinajstić information content (AvgIpc) is 3.41. The number of piperidine rings is 1. The molecule has 0 saturated carbocycles. The standard InChI is InChI=1S/C29H33N5O2/c1-19-11-12-21-25(19)27(32-18-31-21)34-23-10-6-9-22(33(2)28(35)36)26(23)29(13-15-30-16-14-29)24(34)17-20-7-4-3-5-8-20/h3-10,18-19,24,30H,11-17H2,1-2H3,(H,35,36)/t19?,24-/m1/s1. The number of anilines is 3. The maximum absolute atomic E-state index is 12.2. The Morgan fingerprint density at radius 1 is 1.14 bits per heavy atom. The van der Waals surface area contributed by atoms with Crippen LogP contribution in [0.5, 0.6) is 0 Å². The highest BCUT2D eigenvalue weighted by molar-refractivity contribution is 5.91. The molecule has 7 heteroatoms. The normalized spacial score (nSPS) is 21.9. The van der Waals surface area contributed by atoms with Crippen LogP contribution in [-0.2, 0) is 18.3 Å². The second kappa shape index (κ2) is 8.89. The maximum atomic E-state index is 12.2. The number of nitrogens with zero attached hydrogens (tertiary/aromatic N) is 4. The predicted molar refractivity (Wildman–Crippen MR) is 141 cm³/mol. The minimum Gasteiger partial charge on any atom is -0.465 e. The number of rotatable bonds is 4. The maximum Gasteiger partial charge on any atom is 0.411 e. The molecule has 0 bridgehead atoms. The molecule has 2 N–H and O–H groups in total. The van der Waals surface area contributed by atoms with E-state index >= 15 is 0 Å². The van der Waals surface area contributed by atoms with Gasteiger partial charge in [-0.15, -0.1) is 0 Å². The smallest absolute Gasteiger partial charge is 0.411 e. The topological polar surface area (TPSA) is 81.6 Å². The lowest BCUT2D eigenvalue weighted by Gasteiger charge is -2.43. The van der Waals surface area contributed by atoms with E-state index in [4.69, 9.17) is 4.98 Å². The molecule has 186 valence electrons. The van der Waals surface area contributed by atoms with E-state index in [9.17, 15) is 9.90 Å². The molecule has 6 rings (SSSR count). The molecule has 1 spiro atoms. The van der Waals surface area contributed by atoms with Crippen molar-refractivity contribution in [2.24, 2.45) is 0 Å². The van der Waals surface area contributed by atoms with E-state index < -0.39 is 6.09 Å². The van der Waals surface area contributed by atoms with Gasteiger partial charge in [-0.3, -0.25) is 4.90 Å². The number of nitrogens with one attached hydrogen (secondary N) is 1. The molecule has 3 aliphatic rings. The Balaban J connectivity index is 1.62. The van der Waals surface area contributed by atoms with Crippen molar-refractivity contribution in [2.45, 2.75) is 56.4 Å². The Hall–Kier alpha value is -3.45. The lowest BCUT2D eigenvalue weighted by Crippen LogP contribution is -2.51. The summed E-state index contributed by atoms with van der Waals surface area (Å²) < 4.78 is 0. The van der Waals surface area contributed by atoms with E-state index in [0.717, 1.165) is 73.6 Å². The summed E-state index contributed by atoms with van der Waals surface area (Å²) >= 11 is 0. The number of aryl methyl sites for hydroxylation is 1. The first-order chi connectivity index (χ1) is 17.5. The van der Waals surface area contributed by atoms with E-state index in [-0.39, 0.29) is 11.5 Å². The molecule has 1 aliphatic carbocycles. The van der Waals surface area contributed by atoms with E-state index in [1.54, 1.807) is 13.4 Å². The summed E-state index contributed by atoms with van der Waals surface area (Å²) in [5.41, 5.74) is 6.50. The van der Waals surface area contributed by atoms with Crippen LogP contribution in [0.4, 0.5) is 22.0 Å². The SMILES string of the molecule is CC1CCc2ncnc(N3c4cccc(N(C)C(=O)O)c4C4(CCNCC4)[C@H]3Cc3ccccc3)c21. The van der Waals surface area contributed by atoms with Gasteiger partial charge in [0.1, 0.15) is 12.1 Å². The van der Waals surface area contributed by atoms with Gasteiger partial charge in [0.15, 0.2) is 0 Å². The lowest BCUT2D eigenvalue weighted by molar-refractivity contribution is 0.203. The van der Waals surface area contributed by atoms with Crippen molar-refractivity contribution in [1.82, 2.24) is 15.3 Å². The number of carboxylic acid groups (broad SMARTS) is 1. The summed E-state index contributed by atoms with van der Waals surface area (Å²) in [7, 11) is 1.66. The number of carbonyl (C=O) groups is 1. The minimum atomic E-state index is -0.943. The molecular formula is C29H33N5O2. The van der Waals surface area contributed by atoms with Crippen molar-refractivity contribution in [1.29, 1.82) is 0 Å². The van der Waals surface area contributed by atoms with Crippen LogP contribution in [-0.4, -0.2) is 47.3 Å². The molecule has 2 atom stereocenters. The zero-order valence-electron chi connectivity index (χ0n) is 20.9. The Morgan fingerprint density at radius 2 is 1.92 bits per heavy atom. The molecule has 7 nitrogen and oxygen atoms in total. The Morgan fingerprint density at radius 3 is 2.67 bits per heavy atom. The quantitative estimate of drug-likeness (QED) is 0.542. The van der Waals surface area contributed by atoms with Gasteiger partial charge in [-0.2, -0.15) is 0 Å². The minimum absolute atomic E-state index is 0.118. The first-order valence-electron chi connectivity index (χ1n) is 13.0. The number of benzene rings is 2. The highest BCUT2D eigenvalue weighted by Gasteiger charge is 2.54. The van der Waals surface area contributed by atoms with E-state index in [1.165, 1.54) is 16.0 Å². The van der Waals surface area contributed by atoms with Crippen molar-refractivity contribution in [3.05, 3.63) is 77.2 Å². The van der Waals surface area contributed by atoms with Gasteiger partial charge < -0.3 is 15.3 Å². The van der Waals surface area contributed by atoms with E-state index in [1.807, 2.05) is 12.1 Å². The molecule has 1 saturated heterocycles. The van der Waals surface area contributed by atoms with E-state index in [2.05, 4.69) is 58.5 Å². The first kappa shape index (κ1) is 23.0. The van der Waals surface area contributed by atoms with Gasteiger partial charge in [0.25, 0.3) is 0 Å². The monoisotopic (exact) mass is 483 g/mol. The van der Waals surface area contributed by atoms with E-state index in [0.29, 0.717) is 5.92 Å². The van der Waals surface area contributed by atoms with Gasteiger partial charge in [0, 0.05) is 41.0 Å². The summed E-state index contributed by atoms with van der Waals surface area (Å²) in [6, 6.07) is 16.9. The fourth-order valence-electron chi connectivity index (χ4n) is 6.86. The second-order valence-corrected chi connectivity index (χ2v) is 10.5. The molecule has 1 fully saturated rings. The van der Waals surface area contributed by atoms with Crippen molar-refractivity contribution >= 4 is 23.3 Å². The lowest BCUT2D eigenvalue weighted by atomic mass is 9.67. The summed E-state index contributed by atoms with van der Waals surface area (Å²) in [5.74, 6) is 1.39. The number of fused-ring (bicyclic) bond motifs is 3. The van der Waals surface area contributed by atoms with Crippen molar-refractivity contribution in [2.75, 3.05) is 29.9 Å². The van der Waals surface area contributed by atoms with Crippen LogP contribution in [0.1, 0.15) is 54.5 Å². The molecule has 0 radical (unpaired) electrons. The van der Waals surface area contributed by atoms with Crippen LogP contribution >= 0.6 is 0 Å². The molecule has 2 aliphatic heterocycles. The number of hydrogen-bond acceptors (Lipinski definition) is 5. The van der Waals surface area contributed by atoms with Gasteiger partial charge in [-0.25, -0.2) is 14.8 Å². The summed E-state index contributed by atoms with van der Waals surface area (Å²) in [5, 5.41) is 13.5. The molecule has 1 aromatic heterocycles. The van der Waals surface area contributed by atoms with Crippen LogP contribution in [0.3, 0.4) is 0 Å². The molecule has 1 unspecified atom stereocenters. The van der Waals surface area contributed by atoms with Crippen LogP contribution < -0.4 is 15.1 Å². The molecule has 3 heterocycles. The summed E-state index contributed by atoms with van der Waals surface area (Å²) in [6.45, 7) is 4.08. The fourth-order valence-corrected chi connectivity index (χ4v) is 6.86. The van der Waals surface area contributed by atoms with Gasteiger partial charge in [0.2, 0.25) is 0 Å². The fraction of sp³-hybridized carbons (Fsp3) is 0.414. The largest absolute Gasteiger partial charge is 0.465 e. The molecule has 2 aromatic carbocycles. The zero-order chi connectivity index (χ0) is 24.9. The van der Waals surface area contributed by atoms with Gasteiger partial charge >= 0.3 is 6.09 Å². The third-order valence-corrected chi connectivity index (χ3v) is 8.62. The predicted octanol–water partition coefficient (Wildman–Crippen LogP) is 5.02. The van der Waals surface area contributed by atoms with Crippen molar-refractivity contribution < 1.29 is 9.90 Å². The van der Waals surface area contributed by atoms with Crippen LogP contribution in [0, 0.1) is 0 Å². The Labute approximate surface area is 212 Å². The van der Waals surface area contributed by atoms with Crippen LogP contribution in [0.15, 0.2) is 54.9 Å². The third-order valence-electron chi connectivity index (χ3n) is 8.62. The average molecular weight is 484 g/mol. The van der Waals surface area contributed by atoms with Gasteiger partial charge in [-0.1, -0.05) is 43.3 Å². The second-order valence-electron chi connectivity index (χ2n) is 10.5. The Kier molecular flexibility index (Phi) is 5.67. The molecule has 3 aromatic rings. The summed E-state index contributed by atoms with van der Waals surface area (Å²) in [4.78, 5) is 25.6. The number of hydrogen-bond donors (Lipinski definition) is 2. The van der Waals surface area contributed by atoms with Crippen LogP contribution in [0.25, 0.3) is 0 Å². The van der Waals surface area contributed by atoms with Crippen molar-refractivity contribution in [3.8, 4) is 0 Å². The highest BCUT2D eigenvalue weighted by Crippen LogP contribution is 2.58. The molecule has 1 amide bonds. The number of amides is 1. The summed E-state index contributed by atoms with van der Waals surface area (Å²) in [6.07, 6.45) is 5.59. The van der Waals surface area contributed by atoms with Crippen molar-refractivity contribution in [3.63, 3.8) is 0 Å². The zero-order valence-corrected chi connectivity index (χ0v) is 20.9.